The molecule has 0 saturated heterocycles. The van der Waals surface area contributed by atoms with Gasteiger partial charge in [0.2, 0.25) is 0 Å². The van der Waals surface area contributed by atoms with Gasteiger partial charge in [0, 0.05) is 7.05 Å². The zero-order valence-corrected chi connectivity index (χ0v) is 11.6. The molecule has 0 radical (unpaired) electrons. The predicted molar refractivity (Wildman–Crippen MR) is 74.4 cm³/mol. The van der Waals surface area contributed by atoms with E-state index in [-0.39, 0.29) is 5.56 Å². The zero-order chi connectivity index (χ0) is 13.4. The van der Waals surface area contributed by atoms with Gasteiger partial charge in [-0.25, -0.2) is 4.98 Å². The Hall–Kier alpha value is -1.64. The minimum Gasteiger partial charge on any atom is -0.302 e. The van der Waals surface area contributed by atoms with Crippen LogP contribution < -0.4 is 5.56 Å². The van der Waals surface area contributed by atoms with Crippen LogP contribution in [-0.4, -0.2) is 9.55 Å². The van der Waals surface area contributed by atoms with E-state index in [2.05, 4.69) is 4.98 Å². The van der Waals surface area contributed by atoms with Gasteiger partial charge < -0.3 is 4.57 Å². The van der Waals surface area contributed by atoms with Crippen LogP contribution in [0.25, 0.3) is 10.9 Å². The third-order valence-corrected chi connectivity index (χ3v) is 2.07. The minimum atomic E-state index is 0.00463. The van der Waals surface area contributed by atoms with Crippen LogP contribution in [0.15, 0.2) is 29.3 Å². The Kier molecular flexibility index (Phi) is 6.87. The Morgan fingerprint density at radius 2 is 1.71 bits per heavy atom. The second kappa shape index (κ2) is 7.60. The summed E-state index contributed by atoms with van der Waals surface area (Å²) in [4.78, 5) is 15.7. The maximum atomic E-state index is 11.6. The summed E-state index contributed by atoms with van der Waals surface area (Å²) in [5.74, 6) is 0. The fourth-order valence-electron chi connectivity index (χ4n) is 1.32. The zero-order valence-electron chi connectivity index (χ0n) is 11.6. The van der Waals surface area contributed by atoms with Gasteiger partial charge in [-0.3, -0.25) is 4.79 Å². The molecule has 0 atom stereocenters. The molecule has 0 fully saturated rings. The Morgan fingerprint density at radius 3 is 2.29 bits per heavy atom. The molecule has 3 heteroatoms. The SMILES string of the molecule is CC.CC.Cc1ccc2c(=O)n(C)cnc2c1. The fraction of sp³-hybridized carbons (Fsp3) is 0.429. The average Bonchev–Trinajstić information content (AvgIpc) is 2.39. The topological polar surface area (TPSA) is 34.9 Å². The first-order valence-electron chi connectivity index (χ1n) is 6.10. The van der Waals surface area contributed by atoms with E-state index in [0.29, 0.717) is 5.39 Å². The summed E-state index contributed by atoms with van der Waals surface area (Å²) in [6, 6.07) is 5.65. The van der Waals surface area contributed by atoms with E-state index in [1.807, 2.05) is 52.8 Å². The fourth-order valence-corrected chi connectivity index (χ4v) is 1.32. The maximum absolute atomic E-state index is 11.6. The van der Waals surface area contributed by atoms with Gasteiger partial charge in [-0.1, -0.05) is 33.8 Å². The lowest BCUT2D eigenvalue weighted by Gasteiger charge is -2.00. The summed E-state index contributed by atoms with van der Waals surface area (Å²) < 4.78 is 1.48. The minimum absolute atomic E-state index is 0.00463. The smallest absolute Gasteiger partial charge is 0.260 e. The van der Waals surface area contributed by atoms with Gasteiger partial charge in [0.05, 0.1) is 17.2 Å². The molecule has 1 aromatic heterocycles. The van der Waals surface area contributed by atoms with Gasteiger partial charge in [0.25, 0.3) is 5.56 Å². The van der Waals surface area contributed by atoms with Gasteiger partial charge in [0.1, 0.15) is 0 Å². The van der Waals surface area contributed by atoms with Crippen molar-refractivity contribution in [2.45, 2.75) is 34.6 Å². The van der Waals surface area contributed by atoms with Crippen LogP contribution in [0.3, 0.4) is 0 Å². The molecular formula is C14H22N2O. The highest BCUT2D eigenvalue weighted by Gasteiger charge is 2.00. The molecule has 0 unspecified atom stereocenters. The lowest BCUT2D eigenvalue weighted by atomic mass is 10.2. The molecule has 2 rings (SSSR count). The van der Waals surface area contributed by atoms with Gasteiger partial charge in [-0.15, -0.1) is 0 Å². The van der Waals surface area contributed by atoms with Crippen molar-refractivity contribution in [2.24, 2.45) is 7.05 Å². The third kappa shape index (κ3) is 3.70. The van der Waals surface area contributed by atoms with E-state index in [9.17, 15) is 4.79 Å². The van der Waals surface area contributed by atoms with Crippen molar-refractivity contribution < 1.29 is 0 Å². The first-order chi connectivity index (χ1) is 8.18. The highest BCUT2D eigenvalue weighted by Crippen LogP contribution is 2.08. The molecule has 1 heterocycles. The highest BCUT2D eigenvalue weighted by molar-refractivity contribution is 5.77. The number of hydrogen-bond donors (Lipinski definition) is 0. The lowest BCUT2D eigenvalue weighted by Crippen LogP contribution is -2.16. The summed E-state index contributed by atoms with van der Waals surface area (Å²) in [6.07, 6.45) is 1.55. The Morgan fingerprint density at radius 1 is 1.12 bits per heavy atom. The molecule has 0 bridgehead atoms. The largest absolute Gasteiger partial charge is 0.302 e. The van der Waals surface area contributed by atoms with E-state index in [1.54, 1.807) is 13.4 Å². The second-order valence-electron chi connectivity index (χ2n) is 3.18. The van der Waals surface area contributed by atoms with Gasteiger partial charge in [0.15, 0.2) is 0 Å². The first-order valence-corrected chi connectivity index (χ1v) is 6.10. The predicted octanol–water partition coefficient (Wildman–Crippen LogP) is 3.29. The molecule has 2 aromatic rings. The van der Waals surface area contributed by atoms with Crippen molar-refractivity contribution in [3.05, 3.63) is 40.4 Å². The molecule has 1 aromatic carbocycles. The average molecular weight is 234 g/mol. The molecule has 0 aliphatic heterocycles. The summed E-state index contributed by atoms with van der Waals surface area (Å²) in [7, 11) is 1.70. The number of rotatable bonds is 0. The van der Waals surface area contributed by atoms with Crippen molar-refractivity contribution in [1.82, 2.24) is 9.55 Å². The van der Waals surface area contributed by atoms with Gasteiger partial charge >= 0.3 is 0 Å². The number of hydrogen-bond acceptors (Lipinski definition) is 2. The molecule has 0 N–H and O–H groups in total. The van der Waals surface area contributed by atoms with Crippen LogP contribution in [0.2, 0.25) is 0 Å². The van der Waals surface area contributed by atoms with Crippen molar-refractivity contribution in [1.29, 1.82) is 0 Å². The number of nitrogens with zero attached hydrogens (tertiary/aromatic N) is 2. The van der Waals surface area contributed by atoms with Crippen molar-refractivity contribution in [3.63, 3.8) is 0 Å². The van der Waals surface area contributed by atoms with Crippen LogP contribution >= 0.6 is 0 Å². The van der Waals surface area contributed by atoms with Crippen LogP contribution in [0, 0.1) is 6.92 Å². The van der Waals surface area contributed by atoms with E-state index in [1.165, 1.54) is 4.57 Å². The Labute approximate surface area is 103 Å². The molecule has 3 nitrogen and oxygen atoms in total. The molecule has 0 saturated carbocycles. The van der Waals surface area contributed by atoms with E-state index < -0.39 is 0 Å². The van der Waals surface area contributed by atoms with Crippen molar-refractivity contribution in [3.8, 4) is 0 Å². The number of benzene rings is 1. The maximum Gasteiger partial charge on any atom is 0.260 e. The number of aryl methyl sites for hydroxylation is 2. The summed E-state index contributed by atoms with van der Waals surface area (Å²) >= 11 is 0. The quantitative estimate of drug-likeness (QED) is 0.701. The normalized spacial score (nSPS) is 8.82. The van der Waals surface area contributed by atoms with Crippen LogP contribution in [0.4, 0.5) is 0 Å². The highest BCUT2D eigenvalue weighted by atomic mass is 16.1. The summed E-state index contributed by atoms with van der Waals surface area (Å²) in [5.41, 5.74) is 1.89. The monoisotopic (exact) mass is 234 g/mol. The standard InChI is InChI=1S/C10H10N2O.2C2H6/c1-7-3-4-8-9(5-7)11-6-12(2)10(8)13;2*1-2/h3-6H,1-2H3;2*1-2H3. The van der Waals surface area contributed by atoms with E-state index in [4.69, 9.17) is 0 Å². The van der Waals surface area contributed by atoms with Gasteiger partial charge in [-0.05, 0) is 24.6 Å². The number of fused-ring (bicyclic) bond motifs is 1. The van der Waals surface area contributed by atoms with E-state index in [0.717, 1.165) is 11.1 Å². The number of aromatic nitrogens is 2. The summed E-state index contributed by atoms with van der Waals surface area (Å²) in [5, 5.41) is 0.676. The molecule has 94 valence electrons. The first kappa shape index (κ1) is 15.4. The summed E-state index contributed by atoms with van der Waals surface area (Å²) in [6.45, 7) is 9.98. The van der Waals surface area contributed by atoms with Crippen LogP contribution in [0.1, 0.15) is 33.3 Å². The van der Waals surface area contributed by atoms with Crippen LogP contribution in [-0.2, 0) is 7.05 Å². The molecular weight excluding hydrogens is 212 g/mol. The lowest BCUT2D eigenvalue weighted by molar-refractivity contribution is 0.843. The molecule has 0 amide bonds. The van der Waals surface area contributed by atoms with Crippen molar-refractivity contribution in [2.75, 3.05) is 0 Å². The van der Waals surface area contributed by atoms with Crippen LogP contribution in [0.5, 0.6) is 0 Å². The van der Waals surface area contributed by atoms with Gasteiger partial charge in [-0.2, -0.15) is 0 Å². The molecule has 0 aliphatic rings. The molecule has 0 spiro atoms. The Balaban J connectivity index is 0.000000581. The Bertz CT molecular complexity index is 515. The van der Waals surface area contributed by atoms with E-state index >= 15 is 0 Å². The second-order valence-corrected chi connectivity index (χ2v) is 3.18. The third-order valence-electron chi connectivity index (χ3n) is 2.07. The molecule has 17 heavy (non-hydrogen) atoms. The molecule has 0 aliphatic carbocycles. The van der Waals surface area contributed by atoms with Crippen molar-refractivity contribution >= 4 is 10.9 Å².